The Bertz CT molecular complexity index is 1010. The summed E-state index contributed by atoms with van der Waals surface area (Å²) in [6.45, 7) is 3.82. The highest BCUT2D eigenvalue weighted by atomic mass is 35.5. The lowest BCUT2D eigenvalue weighted by molar-refractivity contribution is -0.113. The lowest BCUT2D eigenvalue weighted by Gasteiger charge is -2.15. The zero-order valence-electron chi connectivity index (χ0n) is 15.8. The number of rotatable bonds is 8. The van der Waals surface area contributed by atoms with Crippen LogP contribution in [0.3, 0.4) is 0 Å². The van der Waals surface area contributed by atoms with Gasteiger partial charge in [0, 0.05) is 18.1 Å². The van der Waals surface area contributed by atoms with E-state index in [-0.39, 0.29) is 11.7 Å². The van der Waals surface area contributed by atoms with Crippen LogP contribution in [-0.4, -0.2) is 36.6 Å². The number of ether oxygens (including phenoxy) is 1. The number of benzene rings is 1. The highest BCUT2D eigenvalue weighted by Gasteiger charge is 2.19. The van der Waals surface area contributed by atoms with Crippen LogP contribution in [-0.2, 0) is 18.3 Å². The average molecular weight is 473 g/mol. The Labute approximate surface area is 186 Å². The first-order valence-corrected chi connectivity index (χ1v) is 11.2. The molecular weight excluding hydrogens is 455 g/mol. The van der Waals surface area contributed by atoms with Gasteiger partial charge in [0.25, 0.3) is 0 Å². The number of thioether (sulfide) groups is 1. The van der Waals surface area contributed by atoms with Crippen LogP contribution in [0.25, 0.3) is 0 Å². The van der Waals surface area contributed by atoms with E-state index in [0.29, 0.717) is 31.9 Å². The van der Waals surface area contributed by atoms with E-state index in [0.717, 1.165) is 11.4 Å². The quantitative estimate of drug-likeness (QED) is 0.485. The highest BCUT2D eigenvalue weighted by Crippen LogP contribution is 2.31. The number of carbonyl (C=O) groups excluding carboxylic acids is 1. The van der Waals surface area contributed by atoms with Crippen molar-refractivity contribution >= 4 is 57.3 Å². The lowest BCUT2D eigenvalue weighted by atomic mass is 10.3. The predicted octanol–water partition coefficient (Wildman–Crippen LogP) is 4.41. The fourth-order valence-corrected chi connectivity index (χ4v) is 4.09. The van der Waals surface area contributed by atoms with Crippen LogP contribution in [0.15, 0.2) is 23.4 Å². The van der Waals surface area contributed by atoms with Crippen molar-refractivity contribution in [2.45, 2.75) is 31.5 Å². The van der Waals surface area contributed by atoms with Crippen molar-refractivity contribution in [1.82, 2.24) is 25.0 Å². The maximum atomic E-state index is 12.1. The van der Waals surface area contributed by atoms with Crippen LogP contribution in [0.4, 0.5) is 5.13 Å². The molecule has 0 aliphatic heterocycles. The maximum absolute atomic E-state index is 12.1. The number of hydrogen-bond acceptors (Lipinski definition) is 8. The molecule has 0 aliphatic carbocycles. The average Bonchev–Trinajstić information content (AvgIpc) is 3.29. The van der Waals surface area contributed by atoms with Crippen molar-refractivity contribution in [1.29, 1.82) is 0 Å². The Kier molecular flexibility index (Phi) is 7.33. The predicted molar refractivity (Wildman–Crippen MR) is 115 cm³/mol. The van der Waals surface area contributed by atoms with Gasteiger partial charge in [-0.2, -0.15) is 0 Å². The molecule has 0 aliphatic rings. The van der Waals surface area contributed by atoms with Crippen LogP contribution in [0.2, 0.25) is 10.0 Å². The summed E-state index contributed by atoms with van der Waals surface area (Å²) in [5.41, 5.74) is 0. The van der Waals surface area contributed by atoms with Crippen molar-refractivity contribution in [3.63, 3.8) is 0 Å². The Morgan fingerprint density at radius 2 is 2.10 bits per heavy atom. The van der Waals surface area contributed by atoms with Crippen molar-refractivity contribution in [2.75, 3.05) is 11.1 Å². The van der Waals surface area contributed by atoms with Crippen LogP contribution in [0.1, 0.15) is 30.8 Å². The maximum Gasteiger partial charge on any atom is 0.236 e. The molecule has 0 bridgehead atoms. The van der Waals surface area contributed by atoms with Gasteiger partial charge in [0.05, 0.1) is 10.8 Å². The number of amides is 1. The Balaban J connectivity index is 1.59. The number of anilines is 1. The minimum Gasteiger partial charge on any atom is -0.481 e. The molecule has 1 unspecified atom stereocenters. The number of hydrogen-bond donors (Lipinski definition) is 1. The first-order valence-electron chi connectivity index (χ1n) is 8.63. The van der Waals surface area contributed by atoms with Crippen molar-refractivity contribution in [3.05, 3.63) is 39.1 Å². The first kappa shape index (κ1) is 21.8. The molecule has 3 rings (SSSR count). The van der Waals surface area contributed by atoms with Crippen LogP contribution in [0, 0.1) is 0 Å². The van der Waals surface area contributed by atoms with E-state index in [9.17, 15) is 4.79 Å². The second-order valence-corrected chi connectivity index (χ2v) is 8.77. The third-order valence-corrected chi connectivity index (χ3v) is 6.33. The van der Waals surface area contributed by atoms with Crippen molar-refractivity contribution in [2.24, 2.45) is 7.05 Å². The van der Waals surface area contributed by atoms with Gasteiger partial charge in [0.2, 0.25) is 11.0 Å². The fraction of sp³-hybridized carbons (Fsp3) is 0.353. The van der Waals surface area contributed by atoms with Gasteiger partial charge in [-0.3, -0.25) is 10.1 Å². The normalized spacial score (nSPS) is 12.0. The van der Waals surface area contributed by atoms with E-state index in [4.69, 9.17) is 27.9 Å². The van der Waals surface area contributed by atoms with Gasteiger partial charge in [0.1, 0.15) is 10.8 Å². The summed E-state index contributed by atoms with van der Waals surface area (Å²) in [7, 11) is 1.81. The van der Waals surface area contributed by atoms with E-state index in [2.05, 4.69) is 25.7 Å². The number of aromatic nitrogens is 5. The Morgan fingerprint density at radius 1 is 1.31 bits per heavy atom. The topological polar surface area (TPSA) is 94.8 Å². The van der Waals surface area contributed by atoms with Gasteiger partial charge >= 0.3 is 0 Å². The molecule has 0 saturated carbocycles. The summed E-state index contributed by atoms with van der Waals surface area (Å²) in [5, 5.41) is 21.9. The summed E-state index contributed by atoms with van der Waals surface area (Å²) in [6, 6.07) is 5.01. The number of aryl methyl sites for hydroxylation is 1. The van der Waals surface area contributed by atoms with Gasteiger partial charge in [-0.05, 0) is 25.5 Å². The molecule has 1 amide bonds. The summed E-state index contributed by atoms with van der Waals surface area (Å²) in [6.07, 6.45) is 0.366. The first-order chi connectivity index (χ1) is 13.9. The summed E-state index contributed by atoms with van der Waals surface area (Å²) < 4.78 is 7.66. The molecule has 154 valence electrons. The number of nitrogens with zero attached hydrogens (tertiary/aromatic N) is 5. The molecule has 1 aromatic carbocycles. The second kappa shape index (κ2) is 9.75. The van der Waals surface area contributed by atoms with Gasteiger partial charge in [-0.15, -0.1) is 20.4 Å². The standard InChI is InChI=1S/C17H18Cl2N6O2S2/c1-4-14-21-23-16(29-14)20-13(26)8-28-17-24-22-15(25(17)3)9(2)27-12-7-10(18)5-6-11(12)19/h5-7,9H,4,8H2,1-3H3,(H,20,23,26). The van der Waals surface area contributed by atoms with Gasteiger partial charge in [-0.1, -0.05) is 53.2 Å². The minimum absolute atomic E-state index is 0.169. The zero-order valence-corrected chi connectivity index (χ0v) is 19.0. The molecule has 29 heavy (non-hydrogen) atoms. The van der Waals surface area contributed by atoms with Crippen molar-refractivity contribution < 1.29 is 9.53 Å². The number of halogens is 2. The minimum atomic E-state index is -0.416. The van der Waals surface area contributed by atoms with Crippen LogP contribution >= 0.6 is 46.3 Å². The Morgan fingerprint density at radius 3 is 2.83 bits per heavy atom. The van der Waals surface area contributed by atoms with Crippen LogP contribution in [0.5, 0.6) is 5.75 Å². The number of carbonyl (C=O) groups is 1. The molecule has 2 heterocycles. The molecule has 1 atom stereocenters. The smallest absolute Gasteiger partial charge is 0.236 e. The lowest BCUT2D eigenvalue weighted by Crippen LogP contribution is -2.14. The van der Waals surface area contributed by atoms with Crippen LogP contribution < -0.4 is 10.1 Å². The molecule has 0 saturated heterocycles. The molecule has 0 spiro atoms. The molecule has 3 aromatic rings. The van der Waals surface area contributed by atoms with Crippen molar-refractivity contribution in [3.8, 4) is 5.75 Å². The van der Waals surface area contributed by atoms with Gasteiger partial charge in [0.15, 0.2) is 17.1 Å². The summed E-state index contributed by atoms with van der Waals surface area (Å²) in [5.74, 6) is 1.04. The second-order valence-electron chi connectivity index (χ2n) is 5.93. The van der Waals surface area contributed by atoms with E-state index in [1.54, 1.807) is 22.8 Å². The SMILES string of the molecule is CCc1nnc(NC(=O)CSc2nnc(C(C)Oc3cc(Cl)ccc3Cl)n2C)s1. The molecule has 8 nitrogen and oxygen atoms in total. The Hall–Kier alpha value is -1.88. The molecule has 12 heteroatoms. The monoisotopic (exact) mass is 472 g/mol. The van der Waals surface area contributed by atoms with E-state index >= 15 is 0 Å². The van der Waals surface area contributed by atoms with Gasteiger partial charge < -0.3 is 9.30 Å². The molecule has 0 fully saturated rings. The summed E-state index contributed by atoms with van der Waals surface area (Å²) in [4.78, 5) is 12.1. The zero-order chi connectivity index (χ0) is 21.0. The molecule has 1 N–H and O–H groups in total. The molecule has 2 aromatic heterocycles. The highest BCUT2D eigenvalue weighted by molar-refractivity contribution is 7.99. The van der Waals surface area contributed by atoms with E-state index < -0.39 is 6.10 Å². The van der Waals surface area contributed by atoms with E-state index in [1.165, 1.54) is 23.1 Å². The molecule has 0 radical (unpaired) electrons. The third-order valence-electron chi connectivity index (χ3n) is 3.78. The fourth-order valence-electron chi connectivity index (χ4n) is 2.35. The largest absolute Gasteiger partial charge is 0.481 e. The number of nitrogens with one attached hydrogen (secondary N) is 1. The van der Waals surface area contributed by atoms with E-state index in [1.807, 2.05) is 20.9 Å². The molecular formula is C17H18Cl2N6O2S2. The third kappa shape index (κ3) is 5.59. The van der Waals surface area contributed by atoms with Gasteiger partial charge in [-0.25, -0.2) is 0 Å². The summed E-state index contributed by atoms with van der Waals surface area (Å²) >= 11 is 14.8.